The molecule has 0 aromatic rings. The van der Waals surface area contributed by atoms with Gasteiger partial charge in [0.05, 0.1) is 6.04 Å². The number of halogens is 2. The average Bonchev–Trinajstić information content (AvgIpc) is 2.53. The molecular weight excluding hydrogens is 218 g/mol. The van der Waals surface area contributed by atoms with E-state index in [2.05, 4.69) is 10.6 Å². The third-order valence-corrected chi connectivity index (χ3v) is 2.65. The highest BCUT2D eigenvalue weighted by Crippen LogP contribution is 2.08. The number of amides is 1. The topological polar surface area (TPSA) is 61.4 Å². The van der Waals surface area contributed by atoms with Crippen molar-refractivity contribution in [1.29, 1.82) is 0 Å². The van der Waals surface area contributed by atoms with Gasteiger partial charge in [0.2, 0.25) is 5.91 Å². The fraction of sp³-hybridized carbons (Fsp3) is 0.900. The van der Waals surface area contributed by atoms with Crippen LogP contribution < -0.4 is 10.6 Å². The van der Waals surface area contributed by atoms with Crippen molar-refractivity contribution in [1.82, 2.24) is 10.6 Å². The summed E-state index contributed by atoms with van der Waals surface area (Å²) >= 11 is 0. The molecular formula is C10H18F2N2O2. The Hall–Kier alpha value is -0.750. The van der Waals surface area contributed by atoms with E-state index >= 15 is 0 Å². The maximum absolute atomic E-state index is 12.0. The minimum absolute atomic E-state index is 0.304. The van der Waals surface area contributed by atoms with Crippen molar-refractivity contribution >= 4 is 5.91 Å². The van der Waals surface area contributed by atoms with E-state index in [1.54, 1.807) is 0 Å². The predicted octanol–water partition coefficient (Wildman–Crippen LogP) is 0.261. The number of carbonyl (C=O) groups excluding carboxylic acids is 1. The number of hydrogen-bond donors (Lipinski definition) is 3. The van der Waals surface area contributed by atoms with Crippen molar-refractivity contribution in [3.8, 4) is 0 Å². The van der Waals surface area contributed by atoms with Crippen LogP contribution in [0, 0.1) is 0 Å². The van der Waals surface area contributed by atoms with E-state index in [4.69, 9.17) is 5.11 Å². The SMILES string of the molecule is O=C(NCC(O)C(F)F)C1CCCCCN1. The zero-order valence-corrected chi connectivity index (χ0v) is 9.09. The third kappa shape index (κ3) is 4.40. The van der Waals surface area contributed by atoms with Crippen molar-refractivity contribution in [3.63, 3.8) is 0 Å². The van der Waals surface area contributed by atoms with Crippen LogP contribution in [0.25, 0.3) is 0 Å². The minimum Gasteiger partial charge on any atom is -0.385 e. The van der Waals surface area contributed by atoms with Gasteiger partial charge in [-0.1, -0.05) is 12.8 Å². The first-order valence-electron chi connectivity index (χ1n) is 5.58. The molecule has 0 radical (unpaired) electrons. The summed E-state index contributed by atoms with van der Waals surface area (Å²) in [5.41, 5.74) is 0. The van der Waals surface area contributed by atoms with Crippen LogP contribution in [-0.4, -0.2) is 42.7 Å². The van der Waals surface area contributed by atoms with E-state index in [9.17, 15) is 13.6 Å². The molecule has 1 amide bonds. The molecule has 6 heteroatoms. The van der Waals surface area contributed by atoms with Gasteiger partial charge in [0.25, 0.3) is 6.43 Å². The highest BCUT2D eigenvalue weighted by molar-refractivity contribution is 5.81. The second-order valence-electron chi connectivity index (χ2n) is 4.00. The van der Waals surface area contributed by atoms with E-state index in [-0.39, 0.29) is 11.9 Å². The summed E-state index contributed by atoms with van der Waals surface area (Å²) in [7, 11) is 0. The van der Waals surface area contributed by atoms with E-state index < -0.39 is 19.1 Å². The van der Waals surface area contributed by atoms with Crippen LogP contribution >= 0.6 is 0 Å². The number of carbonyl (C=O) groups is 1. The number of alkyl halides is 2. The maximum atomic E-state index is 12.0. The van der Waals surface area contributed by atoms with Crippen LogP contribution in [0.3, 0.4) is 0 Å². The zero-order valence-electron chi connectivity index (χ0n) is 9.09. The second kappa shape index (κ2) is 6.75. The Morgan fingerprint density at radius 2 is 2.19 bits per heavy atom. The molecule has 0 aromatic heterocycles. The van der Waals surface area contributed by atoms with Crippen LogP contribution in [0.1, 0.15) is 25.7 Å². The molecule has 1 fully saturated rings. The largest absolute Gasteiger partial charge is 0.385 e. The summed E-state index contributed by atoms with van der Waals surface area (Å²) < 4.78 is 23.9. The monoisotopic (exact) mass is 236 g/mol. The lowest BCUT2D eigenvalue weighted by molar-refractivity contribution is -0.124. The van der Waals surface area contributed by atoms with Crippen molar-refractivity contribution in [2.45, 2.75) is 44.3 Å². The zero-order chi connectivity index (χ0) is 12.0. The molecule has 1 rings (SSSR count). The van der Waals surface area contributed by atoms with Gasteiger partial charge in [-0.05, 0) is 19.4 Å². The van der Waals surface area contributed by atoms with E-state index in [1.165, 1.54) is 0 Å². The highest BCUT2D eigenvalue weighted by atomic mass is 19.3. The Bertz CT molecular complexity index is 219. The van der Waals surface area contributed by atoms with E-state index in [0.29, 0.717) is 0 Å². The number of nitrogens with one attached hydrogen (secondary N) is 2. The van der Waals surface area contributed by atoms with E-state index in [1.807, 2.05) is 0 Å². The van der Waals surface area contributed by atoms with E-state index in [0.717, 1.165) is 32.2 Å². The summed E-state index contributed by atoms with van der Waals surface area (Å²) in [6.07, 6.45) is -0.809. The van der Waals surface area contributed by atoms with Crippen LogP contribution in [0.2, 0.25) is 0 Å². The summed E-state index contributed by atoms with van der Waals surface area (Å²) in [5, 5.41) is 14.2. The number of aliphatic hydroxyl groups excluding tert-OH is 1. The van der Waals surface area contributed by atoms with Gasteiger partial charge in [-0.2, -0.15) is 0 Å². The molecule has 16 heavy (non-hydrogen) atoms. The molecule has 0 saturated carbocycles. The lowest BCUT2D eigenvalue weighted by atomic mass is 10.1. The van der Waals surface area contributed by atoms with Crippen molar-refractivity contribution in [2.24, 2.45) is 0 Å². The van der Waals surface area contributed by atoms with Crippen molar-refractivity contribution < 1.29 is 18.7 Å². The Morgan fingerprint density at radius 3 is 2.88 bits per heavy atom. The first-order valence-corrected chi connectivity index (χ1v) is 5.58. The molecule has 3 N–H and O–H groups in total. The molecule has 1 heterocycles. The van der Waals surface area contributed by atoms with Gasteiger partial charge in [-0.25, -0.2) is 8.78 Å². The Kier molecular flexibility index (Phi) is 5.62. The lowest BCUT2D eigenvalue weighted by Gasteiger charge is -2.17. The molecule has 1 aliphatic rings. The van der Waals surface area contributed by atoms with Gasteiger partial charge in [0.1, 0.15) is 6.10 Å². The average molecular weight is 236 g/mol. The first-order chi connectivity index (χ1) is 7.61. The van der Waals surface area contributed by atoms with Crippen LogP contribution in [0.5, 0.6) is 0 Å². The summed E-state index contributed by atoms with van der Waals surface area (Å²) in [6.45, 7) is 0.379. The Balaban J connectivity index is 2.27. The van der Waals surface area contributed by atoms with Gasteiger partial charge in [0.15, 0.2) is 0 Å². The van der Waals surface area contributed by atoms with Crippen LogP contribution in [0.4, 0.5) is 8.78 Å². The quantitative estimate of drug-likeness (QED) is 0.656. The molecule has 1 saturated heterocycles. The second-order valence-corrected chi connectivity index (χ2v) is 4.00. The van der Waals surface area contributed by atoms with Crippen molar-refractivity contribution in [2.75, 3.05) is 13.1 Å². The van der Waals surface area contributed by atoms with Crippen LogP contribution in [-0.2, 0) is 4.79 Å². The maximum Gasteiger partial charge on any atom is 0.265 e. The molecule has 4 nitrogen and oxygen atoms in total. The molecule has 2 unspecified atom stereocenters. The molecule has 94 valence electrons. The number of aliphatic hydroxyl groups is 1. The Morgan fingerprint density at radius 1 is 1.44 bits per heavy atom. The predicted molar refractivity (Wildman–Crippen MR) is 55.3 cm³/mol. The number of rotatable bonds is 4. The van der Waals surface area contributed by atoms with Gasteiger partial charge in [0, 0.05) is 6.54 Å². The molecule has 0 bridgehead atoms. The lowest BCUT2D eigenvalue weighted by Crippen LogP contribution is -2.46. The van der Waals surface area contributed by atoms with Gasteiger partial charge in [-0.15, -0.1) is 0 Å². The molecule has 0 aromatic carbocycles. The smallest absolute Gasteiger partial charge is 0.265 e. The summed E-state index contributed by atoms with van der Waals surface area (Å²) in [5.74, 6) is -0.304. The summed E-state index contributed by atoms with van der Waals surface area (Å²) in [6, 6.07) is -0.313. The standard InChI is InChI=1S/C10H18F2N2O2/c11-9(12)8(15)6-14-10(16)7-4-2-1-3-5-13-7/h7-9,13,15H,1-6H2,(H,14,16). The van der Waals surface area contributed by atoms with Crippen LogP contribution in [0.15, 0.2) is 0 Å². The first kappa shape index (κ1) is 13.3. The normalized spacial score (nSPS) is 23.9. The molecule has 0 aliphatic carbocycles. The Labute approximate surface area is 93.4 Å². The van der Waals surface area contributed by atoms with Gasteiger partial charge in [-0.3, -0.25) is 4.79 Å². The summed E-state index contributed by atoms with van der Waals surface area (Å²) in [4.78, 5) is 11.5. The van der Waals surface area contributed by atoms with Crippen molar-refractivity contribution in [3.05, 3.63) is 0 Å². The fourth-order valence-electron chi connectivity index (χ4n) is 1.67. The molecule has 1 aliphatic heterocycles. The van der Waals surface area contributed by atoms with Gasteiger partial charge >= 0.3 is 0 Å². The minimum atomic E-state index is -2.82. The number of hydrogen-bond acceptors (Lipinski definition) is 3. The third-order valence-electron chi connectivity index (χ3n) is 2.65. The van der Waals surface area contributed by atoms with Gasteiger partial charge < -0.3 is 15.7 Å². The highest BCUT2D eigenvalue weighted by Gasteiger charge is 2.22. The molecule has 2 atom stereocenters. The fourth-order valence-corrected chi connectivity index (χ4v) is 1.67. The molecule has 0 spiro atoms.